The van der Waals surface area contributed by atoms with Crippen LogP contribution >= 0.6 is 11.6 Å². The van der Waals surface area contributed by atoms with E-state index in [4.69, 9.17) is 11.6 Å². The van der Waals surface area contributed by atoms with Crippen molar-refractivity contribution in [3.63, 3.8) is 0 Å². The van der Waals surface area contributed by atoms with E-state index in [1.165, 1.54) is 12.3 Å². The van der Waals surface area contributed by atoms with Crippen LogP contribution in [-0.4, -0.2) is 23.2 Å². The number of aryl methyl sites for hydroxylation is 1. The van der Waals surface area contributed by atoms with Crippen molar-refractivity contribution in [1.29, 1.82) is 0 Å². The maximum Gasteiger partial charge on any atom is 0.199 e. The predicted molar refractivity (Wildman–Crippen MR) is 92.6 cm³/mol. The van der Waals surface area contributed by atoms with Gasteiger partial charge < -0.3 is 0 Å². The standard InChI is InChI=1S/C17H16ClN3O2S/c1-13-15(12-24(22,23)16-9-5-6-10-19-16)17(18)21(20-13)11-14-7-3-2-4-8-14/h2-10H,11-12H2,1H3. The van der Waals surface area contributed by atoms with Crippen LogP contribution in [0.25, 0.3) is 0 Å². The van der Waals surface area contributed by atoms with E-state index in [1.54, 1.807) is 23.7 Å². The minimum absolute atomic E-state index is 0.0382. The molecule has 5 nitrogen and oxygen atoms in total. The van der Waals surface area contributed by atoms with Crippen LogP contribution in [-0.2, 0) is 22.1 Å². The van der Waals surface area contributed by atoms with Gasteiger partial charge in [-0.05, 0) is 24.6 Å². The van der Waals surface area contributed by atoms with Gasteiger partial charge >= 0.3 is 0 Å². The molecule has 7 heteroatoms. The number of rotatable bonds is 5. The quantitative estimate of drug-likeness (QED) is 0.699. The second kappa shape index (κ2) is 6.75. The van der Waals surface area contributed by atoms with Crippen LogP contribution < -0.4 is 0 Å². The van der Waals surface area contributed by atoms with Crippen LogP contribution in [0.4, 0.5) is 0 Å². The lowest BCUT2D eigenvalue weighted by molar-refractivity contribution is 0.591. The molecule has 0 spiro atoms. The summed E-state index contributed by atoms with van der Waals surface area (Å²) in [5, 5.41) is 4.76. The number of nitrogens with zero attached hydrogens (tertiary/aromatic N) is 3. The number of halogens is 1. The number of hydrogen-bond acceptors (Lipinski definition) is 4. The van der Waals surface area contributed by atoms with E-state index in [2.05, 4.69) is 10.1 Å². The van der Waals surface area contributed by atoms with Gasteiger partial charge in [-0.3, -0.25) is 0 Å². The molecule has 0 saturated heterocycles. The number of aromatic nitrogens is 3. The van der Waals surface area contributed by atoms with Crippen molar-refractivity contribution < 1.29 is 8.42 Å². The first kappa shape index (κ1) is 16.7. The van der Waals surface area contributed by atoms with Crippen molar-refractivity contribution >= 4 is 21.4 Å². The van der Waals surface area contributed by atoms with E-state index in [0.29, 0.717) is 23.0 Å². The minimum atomic E-state index is -3.57. The second-order valence-corrected chi connectivity index (χ2v) is 7.72. The molecule has 2 aromatic heterocycles. The summed E-state index contributed by atoms with van der Waals surface area (Å²) in [5.41, 5.74) is 2.16. The molecule has 3 aromatic rings. The van der Waals surface area contributed by atoms with E-state index in [-0.39, 0.29) is 10.8 Å². The highest BCUT2D eigenvalue weighted by Gasteiger charge is 2.23. The average molecular weight is 362 g/mol. The fourth-order valence-corrected chi connectivity index (χ4v) is 4.17. The molecule has 124 valence electrons. The molecule has 1 aromatic carbocycles. The number of benzene rings is 1. The van der Waals surface area contributed by atoms with Gasteiger partial charge in [-0.2, -0.15) is 5.10 Å². The fraction of sp³-hybridized carbons (Fsp3) is 0.176. The Labute approximate surface area is 145 Å². The van der Waals surface area contributed by atoms with E-state index in [1.807, 2.05) is 30.3 Å². The van der Waals surface area contributed by atoms with Crippen LogP contribution in [0.3, 0.4) is 0 Å². The molecule has 0 aliphatic carbocycles. The molecule has 0 bridgehead atoms. The number of hydrogen-bond donors (Lipinski definition) is 0. The molecule has 0 unspecified atom stereocenters. The summed E-state index contributed by atoms with van der Waals surface area (Å²) in [5.74, 6) is -0.219. The highest BCUT2D eigenvalue weighted by molar-refractivity contribution is 7.90. The molecule has 0 atom stereocenters. The lowest BCUT2D eigenvalue weighted by Crippen LogP contribution is -2.08. The van der Waals surface area contributed by atoms with Gasteiger partial charge in [0.05, 0.1) is 18.0 Å². The molecule has 0 saturated carbocycles. The summed E-state index contributed by atoms with van der Waals surface area (Å²) in [6, 6.07) is 14.5. The Kier molecular flexibility index (Phi) is 4.69. The molecule has 0 aliphatic heterocycles. The van der Waals surface area contributed by atoms with Gasteiger partial charge in [0.1, 0.15) is 5.15 Å². The molecule has 0 N–H and O–H groups in total. The molecule has 0 fully saturated rings. The zero-order valence-electron chi connectivity index (χ0n) is 13.1. The van der Waals surface area contributed by atoms with Gasteiger partial charge in [-0.15, -0.1) is 0 Å². The van der Waals surface area contributed by atoms with Gasteiger partial charge in [-0.25, -0.2) is 18.1 Å². The van der Waals surface area contributed by atoms with Gasteiger partial charge in [-0.1, -0.05) is 48.0 Å². The molecule has 24 heavy (non-hydrogen) atoms. The Hall–Kier alpha value is -2.18. The summed E-state index contributed by atoms with van der Waals surface area (Å²) in [6.07, 6.45) is 1.46. The van der Waals surface area contributed by atoms with E-state index in [0.717, 1.165) is 5.56 Å². The number of pyridine rings is 1. The Morgan fingerprint density at radius 2 is 1.79 bits per heavy atom. The molecule has 3 rings (SSSR count). The van der Waals surface area contributed by atoms with E-state index < -0.39 is 9.84 Å². The van der Waals surface area contributed by atoms with Gasteiger partial charge in [0, 0.05) is 11.8 Å². The lowest BCUT2D eigenvalue weighted by Gasteiger charge is -2.05. The van der Waals surface area contributed by atoms with Crippen molar-refractivity contribution in [3.05, 3.63) is 76.7 Å². The molecule has 2 heterocycles. The van der Waals surface area contributed by atoms with Crippen LogP contribution in [0.2, 0.25) is 5.15 Å². The molecule has 0 radical (unpaired) electrons. The fourth-order valence-electron chi connectivity index (χ4n) is 2.41. The Balaban J connectivity index is 1.90. The molecular weight excluding hydrogens is 346 g/mol. The Bertz CT molecular complexity index is 939. The van der Waals surface area contributed by atoms with Crippen molar-refractivity contribution in [2.45, 2.75) is 24.2 Å². The molecule has 0 aliphatic rings. The summed E-state index contributed by atoms with van der Waals surface area (Å²) in [6.45, 7) is 2.25. The monoisotopic (exact) mass is 361 g/mol. The highest BCUT2D eigenvalue weighted by Crippen LogP contribution is 2.25. The van der Waals surface area contributed by atoms with Gasteiger partial charge in [0.15, 0.2) is 14.9 Å². The Morgan fingerprint density at radius 1 is 1.08 bits per heavy atom. The third-order valence-electron chi connectivity index (χ3n) is 3.65. The summed E-state index contributed by atoms with van der Waals surface area (Å²) < 4.78 is 26.7. The summed E-state index contributed by atoms with van der Waals surface area (Å²) in [4.78, 5) is 3.92. The molecular formula is C17H16ClN3O2S. The SMILES string of the molecule is Cc1nn(Cc2ccccc2)c(Cl)c1CS(=O)(=O)c1ccccn1. The minimum Gasteiger partial charge on any atom is -0.249 e. The molecule has 0 amide bonds. The first-order chi connectivity index (χ1) is 11.5. The van der Waals surface area contributed by atoms with Crippen LogP contribution in [0, 0.1) is 6.92 Å². The lowest BCUT2D eigenvalue weighted by atomic mass is 10.2. The zero-order valence-corrected chi connectivity index (χ0v) is 14.6. The topological polar surface area (TPSA) is 64.8 Å². The van der Waals surface area contributed by atoms with Crippen molar-refractivity contribution in [1.82, 2.24) is 14.8 Å². The van der Waals surface area contributed by atoms with Crippen LogP contribution in [0.15, 0.2) is 59.8 Å². The van der Waals surface area contributed by atoms with Crippen molar-refractivity contribution in [2.24, 2.45) is 0 Å². The van der Waals surface area contributed by atoms with E-state index in [9.17, 15) is 8.42 Å². The van der Waals surface area contributed by atoms with Crippen molar-refractivity contribution in [3.8, 4) is 0 Å². The first-order valence-electron chi connectivity index (χ1n) is 7.37. The smallest absolute Gasteiger partial charge is 0.199 e. The maximum atomic E-state index is 12.5. The van der Waals surface area contributed by atoms with Gasteiger partial charge in [0.2, 0.25) is 0 Å². The predicted octanol–water partition coefficient (Wildman–Crippen LogP) is 3.26. The summed E-state index contributed by atoms with van der Waals surface area (Å²) in [7, 11) is -3.57. The maximum absolute atomic E-state index is 12.5. The largest absolute Gasteiger partial charge is 0.249 e. The van der Waals surface area contributed by atoms with E-state index >= 15 is 0 Å². The third-order valence-corrected chi connectivity index (χ3v) is 5.62. The average Bonchev–Trinajstić information content (AvgIpc) is 2.84. The second-order valence-electron chi connectivity index (χ2n) is 5.43. The van der Waals surface area contributed by atoms with Crippen LogP contribution in [0.1, 0.15) is 16.8 Å². The van der Waals surface area contributed by atoms with Gasteiger partial charge in [0.25, 0.3) is 0 Å². The zero-order chi connectivity index (χ0) is 17.2. The van der Waals surface area contributed by atoms with Crippen molar-refractivity contribution in [2.75, 3.05) is 0 Å². The highest BCUT2D eigenvalue weighted by atomic mass is 35.5. The third kappa shape index (κ3) is 3.49. The normalized spacial score (nSPS) is 11.6. The van der Waals surface area contributed by atoms with Crippen LogP contribution in [0.5, 0.6) is 0 Å². The number of sulfone groups is 1. The first-order valence-corrected chi connectivity index (χ1v) is 9.40. The Morgan fingerprint density at radius 3 is 2.46 bits per heavy atom. The summed E-state index contributed by atoms with van der Waals surface area (Å²) >= 11 is 6.39.